The number of benzene rings is 1. The standard InChI is InChI=1S/C18H19NO4S2/c1-12(20)19-10-9-13-7-8-17(25-13)15(21)11-23-18(22)14-5-3-4-6-16(14)24-2/h3-8H,9-11H2,1-2H3,(H,19,20). The van der Waals surface area contributed by atoms with Crippen molar-refractivity contribution < 1.29 is 19.1 Å². The minimum atomic E-state index is -0.499. The quantitative estimate of drug-likeness (QED) is 0.435. The van der Waals surface area contributed by atoms with Gasteiger partial charge in [-0.2, -0.15) is 0 Å². The highest BCUT2D eigenvalue weighted by Gasteiger charge is 2.16. The predicted octanol–water partition coefficient (Wildman–Crippen LogP) is 3.19. The second-order valence-corrected chi connectivity index (χ2v) is 7.21. The van der Waals surface area contributed by atoms with Crippen LogP contribution in [0.15, 0.2) is 41.3 Å². The van der Waals surface area contributed by atoms with Gasteiger partial charge in [0.25, 0.3) is 0 Å². The molecule has 25 heavy (non-hydrogen) atoms. The van der Waals surface area contributed by atoms with Gasteiger partial charge < -0.3 is 10.1 Å². The van der Waals surface area contributed by atoms with Gasteiger partial charge in [0.05, 0.1) is 10.4 Å². The van der Waals surface area contributed by atoms with Crippen LogP contribution in [0.4, 0.5) is 0 Å². The normalized spacial score (nSPS) is 10.3. The lowest BCUT2D eigenvalue weighted by atomic mass is 10.2. The predicted molar refractivity (Wildman–Crippen MR) is 99.5 cm³/mol. The van der Waals surface area contributed by atoms with E-state index in [1.54, 1.807) is 18.2 Å². The molecule has 1 aromatic carbocycles. The number of ketones is 1. The van der Waals surface area contributed by atoms with Crippen LogP contribution in [-0.2, 0) is 16.0 Å². The number of carbonyl (C=O) groups is 3. The SMILES string of the molecule is CSc1ccccc1C(=O)OCC(=O)c1ccc(CCNC(C)=O)s1. The molecule has 2 aromatic rings. The summed E-state index contributed by atoms with van der Waals surface area (Å²) in [7, 11) is 0. The first-order chi connectivity index (χ1) is 12.0. The Hall–Kier alpha value is -2.12. The maximum Gasteiger partial charge on any atom is 0.339 e. The molecule has 0 saturated heterocycles. The fourth-order valence-corrected chi connectivity index (χ4v) is 3.63. The van der Waals surface area contributed by atoms with Crippen LogP contribution in [0, 0.1) is 0 Å². The number of esters is 1. The van der Waals surface area contributed by atoms with Gasteiger partial charge >= 0.3 is 5.97 Å². The maximum atomic E-state index is 12.2. The van der Waals surface area contributed by atoms with Crippen LogP contribution in [0.3, 0.4) is 0 Å². The Kier molecular flexibility index (Phi) is 7.21. The number of rotatable bonds is 8. The van der Waals surface area contributed by atoms with Crippen molar-refractivity contribution >= 4 is 40.8 Å². The molecule has 5 nitrogen and oxygen atoms in total. The van der Waals surface area contributed by atoms with Gasteiger partial charge in [0.2, 0.25) is 11.7 Å². The van der Waals surface area contributed by atoms with Crippen molar-refractivity contribution in [3.63, 3.8) is 0 Å². The molecule has 0 saturated carbocycles. The summed E-state index contributed by atoms with van der Waals surface area (Å²) in [5, 5.41) is 2.71. The van der Waals surface area contributed by atoms with Crippen LogP contribution < -0.4 is 5.32 Å². The molecule has 1 amide bonds. The molecule has 2 rings (SSSR count). The summed E-state index contributed by atoms with van der Waals surface area (Å²) in [6.45, 7) is 1.71. The molecule has 132 valence electrons. The highest BCUT2D eigenvalue weighted by Crippen LogP contribution is 2.21. The number of Topliss-reactive ketones (excluding diaryl/α,β-unsaturated/α-hetero) is 1. The van der Waals surface area contributed by atoms with E-state index < -0.39 is 5.97 Å². The molecule has 0 bridgehead atoms. The van der Waals surface area contributed by atoms with Crippen molar-refractivity contribution in [3.05, 3.63) is 51.7 Å². The molecule has 0 atom stereocenters. The van der Waals surface area contributed by atoms with Crippen molar-refractivity contribution in [1.82, 2.24) is 5.32 Å². The minimum Gasteiger partial charge on any atom is -0.454 e. The van der Waals surface area contributed by atoms with E-state index in [9.17, 15) is 14.4 Å². The zero-order valence-electron chi connectivity index (χ0n) is 14.0. The molecule has 0 aliphatic heterocycles. The Balaban J connectivity index is 1.89. The van der Waals surface area contributed by atoms with Crippen LogP contribution in [0.5, 0.6) is 0 Å². The average molecular weight is 377 g/mol. The van der Waals surface area contributed by atoms with E-state index in [0.717, 1.165) is 9.77 Å². The van der Waals surface area contributed by atoms with Crippen molar-refractivity contribution in [3.8, 4) is 0 Å². The lowest BCUT2D eigenvalue weighted by Crippen LogP contribution is -2.22. The number of carbonyl (C=O) groups excluding carboxylic acids is 3. The largest absolute Gasteiger partial charge is 0.454 e. The van der Waals surface area contributed by atoms with Crippen molar-refractivity contribution in [2.75, 3.05) is 19.4 Å². The zero-order chi connectivity index (χ0) is 18.2. The Morgan fingerprint density at radius 3 is 2.64 bits per heavy atom. The summed E-state index contributed by atoms with van der Waals surface area (Å²) in [5.74, 6) is -0.809. The fraction of sp³-hybridized carbons (Fsp3) is 0.278. The molecule has 0 fully saturated rings. The molecular weight excluding hydrogens is 358 g/mol. The molecule has 1 heterocycles. The van der Waals surface area contributed by atoms with Gasteiger partial charge in [-0.05, 0) is 36.9 Å². The number of amides is 1. The van der Waals surface area contributed by atoms with E-state index in [-0.39, 0.29) is 18.3 Å². The summed E-state index contributed by atoms with van der Waals surface area (Å²) in [6.07, 6.45) is 2.55. The van der Waals surface area contributed by atoms with E-state index in [0.29, 0.717) is 23.4 Å². The second-order valence-electron chi connectivity index (χ2n) is 5.20. The Morgan fingerprint density at radius 2 is 1.92 bits per heavy atom. The topological polar surface area (TPSA) is 72.5 Å². The number of nitrogens with one attached hydrogen (secondary N) is 1. The highest BCUT2D eigenvalue weighted by molar-refractivity contribution is 7.98. The van der Waals surface area contributed by atoms with Crippen LogP contribution >= 0.6 is 23.1 Å². The highest BCUT2D eigenvalue weighted by atomic mass is 32.2. The monoisotopic (exact) mass is 377 g/mol. The number of hydrogen-bond acceptors (Lipinski definition) is 6. The van der Waals surface area contributed by atoms with E-state index in [2.05, 4.69) is 5.32 Å². The number of thiophene rings is 1. The summed E-state index contributed by atoms with van der Waals surface area (Å²) in [6, 6.07) is 10.7. The maximum absolute atomic E-state index is 12.2. The van der Waals surface area contributed by atoms with Crippen LogP contribution in [0.1, 0.15) is 31.8 Å². The fourth-order valence-electron chi connectivity index (χ4n) is 2.12. The second kappa shape index (κ2) is 9.39. The van der Waals surface area contributed by atoms with Gasteiger partial charge in [-0.1, -0.05) is 12.1 Å². The first-order valence-electron chi connectivity index (χ1n) is 7.67. The molecule has 7 heteroatoms. The summed E-state index contributed by atoms with van der Waals surface area (Å²) < 4.78 is 5.16. The third kappa shape index (κ3) is 5.72. The van der Waals surface area contributed by atoms with Gasteiger partial charge in [0.15, 0.2) is 6.61 Å². The van der Waals surface area contributed by atoms with E-state index >= 15 is 0 Å². The van der Waals surface area contributed by atoms with Gasteiger partial charge in [0.1, 0.15) is 0 Å². The van der Waals surface area contributed by atoms with E-state index in [1.165, 1.54) is 30.0 Å². The lowest BCUT2D eigenvalue weighted by molar-refractivity contribution is -0.118. The first kappa shape index (κ1) is 19.2. The van der Waals surface area contributed by atoms with Crippen molar-refractivity contribution in [2.24, 2.45) is 0 Å². The number of ether oxygens (including phenoxy) is 1. The van der Waals surface area contributed by atoms with Gasteiger partial charge in [0, 0.05) is 23.2 Å². The van der Waals surface area contributed by atoms with E-state index in [1.807, 2.05) is 24.5 Å². The van der Waals surface area contributed by atoms with Crippen LogP contribution in [0.25, 0.3) is 0 Å². The molecule has 0 unspecified atom stereocenters. The summed E-state index contributed by atoms with van der Waals surface area (Å²) in [4.78, 5) is 37.5. The molecule has 1 N–H and O–H groups in total. The average Bonchev–Trinajstić information content (AvgIpc) is 3.08. The molecular formula is C18H19NO4S2. The van der Waals surface area contributed by atoms with Gasteiger partial charge in [-0.3, -0.25) is 9.59 Å². The number of hydrogen-bond donors (Lipinski definition) is 1. The third-order valence-corrected chi connectivity index (χ3v) is 5.32. The Bertz CT molecular complexity index is 770. The van der Waals surface area contributed by atoms with E-state index in [4.69, 9.17) is 4.74 Å². The lowest BCUT2D eigenvalue weighted by Gasteiger charge is -2.06. The Morgan fingerprint density at radius 1 is 1.16 bits per heavy atom. The molecule has 0 aliphatic rings. The van der Waals surface area contributed by atoms with Crippen molar-refractivity contribution in [2.45, 2.75) is 18.2 Å². The number of thioether (sulfide) groups is 1. The van der Waals surface area contributed by atoms with Crippen molar-refractivity contribution in [1.29, 1.82) is 0 Å². The smallest absolute Gasteiger partial charge is 0.339 e. The van der Waals surface area contributed by atoms with Crippen LogP contribution in [0.2, 0.25) is 0 Å². The summed E-state index contributed by atoms with van der Waals surface area (Å²) in [5.41, 5.74) is 0.463. The third-order valence-electron chi connectivity index (χ3n) is 3.34. The molecule has 0 spiro atoms. The molecule has 0 aliphatic carbocycles. The van der Waals surface area contributed by atoms with Gasteiger partial charge in [-0.25, -0.2) is 4.79 Å². The molecule has 1 aromatic heterocycles. The molecule has 0 radical (unpaired) electrons. The summed E-state index contributed by atoms with van der Waals surface area (Å²) >= 11 is 2.81. The zero-order valence-corrected chi connectivity index (χ0v) is 15.7. The first-order valence-corrected chi connectivity index (χ1v) is 9.72. The van der Waals surface area contributed by atoms with Gasteiger partial charge in [-0.15, -0.1) is 23.1 Å². The Labute approximate surface area is 154 Å². The minimum absolute atomic E-state index is 0.0784. The van der Waals surface area contributed by atoms with Crippen LogP contribution in [-0.4, -0.2) is 37.1 Å².